The second-order valence-corrected chi connectivity index (χ2v) is 3.49. The van der Waals surface area contributed by atoms with Crippen molar-refractivity contribution in [3.8, 4) is 0 Å². The molecule has 0 N–H and O–H groups in total. The number of rotatable bonds is 0. The average Bonchev–Trinajstić information content (AvgIpc) is 1.87. The fourth-order valence-electron chi connectivity index (χ4n) is 0.700. The minimum atomic E-state index is -4.27. The molecule has 1 rings (SSSR count). The van der Waals surface area contributed by atoms with Gasteiger partial charge in [-0.3, -0.25) is 0 Å². The third-order valence-corrected chi connectivity index (χ3v) is 2.31. The van der Waals surface area contributed by atoms with Gasteiger partial charge in [0, 0.05) is 6.42 Å². The summed E-state index contributed by atoms with van der Waals surface area (Å²) in [5.41, 5.74) is 0. The molecule has 0 bridgehead atoms. The van der Waals surface area contributed by atoms with E-state index in [-0.39, 0.29) is 0 Å². The monoisotopic (exact) mass is 225 g/mol. The quantitative estimate of drug-likeness (QED) is 0.557. The van der Waals surface area contributed by atoms with Crippen LogP contribution in [0, 0.1) is 6.42 Å². The van der Waals surface area contributed by atoms with Gasteiger partial charge in [-0.05, 0) is 0 Å². The van der Waals surface area contributed by atoms with Gasteiger partial charge in [0.2, 0.25) is 0 Å². The van der Waals surface area contributed by atoms with Gasteiger partial charge in [-0.2, -0.15) is 13.2 Å². The second kappa shape index (κ2) is 2.66. The van der Waals surface area contributed by atoms with Crippen LogP contribution >= 0.6 is 15.9 Å². The van der Waals surface area contributed by atoms with Gasteiger partial charge >= 0.3 is 6.18 Å². The van der Waals surface area contributed by atoms with Crippen molar-refractivity contribution in [1.29, 1.82) is 0 Å². The van der Waals surface area contributed by atoms with E-state index in [1.54, 1.807) is 6.08 Å². The van der Waals surface area contributed by atoms with Gasteiger partial charge in [0.15, 0.2) is 0 Å². The van der Waals surface area contributed by atoms with Crippen LogP contribution in [0.25, 0.3) is 0 Å². The molecule has 0 amide bonds. The van der Waals surface area contributed by atoms with Gasteiger partial charge in [0.1, 0.15) is 4.32 Å². The lowest BCUT2D eigenvalue weighted by Gasteiger charge is -2.26. The molecule has 0 aromatic heterocycles. The minimum Gasteiger partial charge on any atom is -0.169 e. The Hall–Kier alpha value is -0.250. The summed E-state index contributed by atoms with van der Waals surface area (Å²) in [6, 6.07) is 0. The van der Waals surface area contributed by atoms with E-state index in [1.165, 1.54) is 12.2 Å². The Morgan fingerprint density at radius 2 is 1.73 bits per heavy atom. The molecule has 0 saturated carbocycles. The Labute approximate surface area is 70.9 Å². The summed E-state index contributed by atoms with van der Waals surface area (Å²) in [7, 11) is 0. The van der Waals surface area contributed by atoms with Gasteiger partial charge in [0.25, 0.3) is 0 Å². The van der Waals surface area contributed by atoms with E-state index in [0.29, 0.717) is 0 Å². The highest BCUT2D eigenvalue weighted by Crippen LogP contribution is 2.42. The van der Waals surface area contributed by atoms with E-state index >= 15 is 0 Å². The molecule has 1 unspecified atom stereocenters. The zero-order valence-corrected chi connectivity index (χ0v) is 6.98. The molecule has 0 saturated heterocycles. The highest BCUT2D eigenvalue weighted by molar-refractivity contribution is 9.10. The molecule has 0 spiro atoms. The predicted molar refractivity (Wildman–Crippen MR) is 40.3 cm³/mol. The fraction of sp³-hybridized carbons (Fsp3) is 0.286. The summed E-state index contributed by atoms with van der Waals surface area (Å²) < 4.78 is 34.5. The lowest BCUT2D eigenvalue weighted by molar-refractivity contribution is -0.138. The highest BCUT2D eigenvalue weighted by atomic mass is 79.9. The molecule has 0 aromatic carbocycles. The smallest absolute Gasteiger partial charge is 0.169 e. The first kappa shape index (κ1) is 8.84. The first-order valence-electron chi connectivity index (χ1n) is 2.92. The van der Waals surface area contributed by atoms with Crippen LogP contribution in [0.3, 0.4) is 0 Å². The molecule has 1 aliphatic carbocycles. The minimum absolute atomic E-state index is 1.06. The molecule has 0 fully saturated rings. The second-order valence-electron chi connectivity index (χ2n) is 2.18. The lowest BCUT2D eigenvalue weighted by Crippen LogP contribution is -2.37. The maximum absolute atomic E-state index is 12.2. The molecular weight excluding hydrogens is 221 g/mol. The van der Waals surface area contributed by atoms with Crippen LogP contribution in [0.2, 0.25) is 0 Å². The molecule has 0 nitrogen and oxygen atoms in total. The maximum atomic E-state index is 12.2. The molecular formula is C7H5BrF3. The van der Waals surface area contributed by atoms with Crippen LogP contribution < -0.4 is 0 Å². The summed E-state index contributed by atoms with van der Waals surface area (Å²) in [6.45, 7) is 0. The Kier molecular flexibility index (Phi) is 2.14. The highest BCUT2D eigenvalue weighted by Gasteiger charge is 2.50. The molecule has 11 heavy (non-hydrogen) atoms. The summed E-state index contributed by atoms with van der Waals surface area (Å²) in [4.78, 5) is 0. The third-order valence-electron chi connectivity index (χ3n) is 1.33. The molecule has 0 heterocycles. The summed E-state index contributed by atoms with van der Waals surface area (Å²) >= 11 is 2.60. The van der Waals surface area contributed by atoms with Gasteiger partial charge in [-0.1, -0.05) is 40.2 Å². The van der Waals surface area contributed by atoms with Gasteiger partial charge < -0.3 is 0 Å². The zero-order valence-electron chi connectivity index (χ0n) is 5.40. The standard InChI is InChI=1S/C7H5BrF3/c8-6(7(9,10)11)4-2-1-3-5-6/h1-5H. The first-order chi connectivity index (χ1) is 4.96. The van der Waals surface area contributed by atoms with E-state index in [4.69, 9.17) is 0 Å². The third kappa shape index (κ3) is 1.67. The Morgan fingerprint density at radius 1 is 1.09 bits per heavy atom. The number of halogens is 4. The summed E-state index contributed by atoms with van der Waals surface area (Å²) in [5, 5.41) is 0. The Balaban J connectivity index is 2.84. The van der Waals surface area contributed by atoms with Gasteiger partial charge in [-0.15, -0.1) is 0 Å². The number of alkyl halides is 4. The van der Waals surface area contributed by atoms with Crippen molar-refractivity contribution in [2.75, 3.05) is 0 Å². The zero-order chi connectivity index (χ0) is 8.54. The predicted octanol–water partition coefficient (Wildman–Crippen LogP) is 3.01. The summed E-state index contributed by atoms with van der Waals surface area (Å²) in [6.07, 6.45) is 2.13. The van der Waals surface area contributed by atoms with Crippen LogP contribution in [0.1, 0.15) is 0 Å². The van der Waals surface area contributed by atoms with Crippen molar-refractivity contribution in [2.24, 2.45) is 0 Å². The molecule has 61 valence electrons. The van der Waals surface area contributed by atoms with Crippen molar-refractivity contribution in [3.05, 3.63) is 30.7 Å². The van der Waals surface area contributed by atoms with Crippen LogP contribution in [-0.2, 0) is 0 Å². The number of hydrogen-bond acceptors (Lipinski definition) is 0. The van der Waals surface area contributed by atoms with Gasteiger partial charge in [0.05, 0.1) is 0 Å². The van der Waals surface area contributed by atoms with E-state index in [9.17, 15) is 13.2 Å². The van der Waals surface area contributed by atoms with Crippen molar-refractivity contribution < 1.29 is 13.2 Å². The van der Waals surface area contributed by atoms with E-state index in [2.05, 4.69) is 15.9 Å². The molecule has 4 heteroatoms. The van der Waals surface area contributed by atoms with Crippen LogP contribution in [0.5, 0.6) is 0 Å². The van der Waals surface area contributed by atoms with Crippen LogP contribution in [-0.4, -0.2) is 10.5 Å². The first-order valence-corrected chi connectivity index (χ1v) is 3.71. The Morgan fingerprint density at radius 3 is 2.00 bits per heavy atom. The summed E-state index contributed by atoms with van der Waals surface area (Å²) in [5.74, 6) is 0. The van der Waals surface area contributed by atoms with E-state index < -0.39 is 10.5 Å². The van der Waals surface area contributed by atoms with Crippen LogP contribution in [0.15, 0.2) is 24.3 Å². The van der Waals surface area contributed by atoms with E-state index in [1.807, 2.05) is 0 Å². The fourth-order valence-corrected chi connectivity index (χ4v) is 1.01. The topological polar surface area (TPSA) is 0 Å². The van der Waals surface area contributed by atoms with E-state index in [0.717, 1.165) is 12.5 Å². The lowest BCUT2D eigenvalue weighted by atomic mass is 10.0. The van der Waals surface area contributed by atoms with Crippen molar-refractivity contribution in [2.45, 2.75) is 10.5 Å². The molecule has 1 radical (unpaired) electrons. The normalized spacial score (nSPS) is 30.9. The van der Waals surface area contributed by atoms with Crippen molar-refractivity contribution >= 4 is 15.9 Å². The van der Waals surface area contributed by atoms with Crippen LogP contribution in [0.4, 0.5) is 13.2 Å². The van der Waals surface area contributed by atoms with Crippen molar-refractivity contribution in [3.63, 3.8) is 0 Å². The Bertz CT molecular complexity index is 204. The van der Waals surface area contributed by atoms with Gasteiger partial charge in [-0.25, -0.2) is 0 Å². The van der Waals surface area contributed by atoms with Crippen molar-refractivity contribution in [1.82, 2.24) is 0 Å². The molecule has 0 aromatic rings. The maximum Gasteiger partial charge on any atom is 0.407 e. The molecule has 1 atom stereocenters. The number of hydrogen-bond donors (Lipinski definition) is 0. The SMILES string of the molecule is FC(F)(F)C1(Br)[CH]C=CC=C1. The molecule has 0 aliphatic heterocycles. The average molecular weight is 226 g/mol. The largest absolute Gasteiger partial charge is 0.407 e. The molecule has 1 aliphatic rings. The number of allylic oxidation sites excluding steroid dienone is 4.